The molecule has 1 saturated heterocycles. The highest BCUT2D eigenvalue weighted by molar-refractivity contribution is 7.92. The van der Waals surface area contributed by atoms with Gasteiger partial charge in [-0.05, 0) is 43.5 Å². The zero-order chi connectivity index (χ0) is 23.8. The predicted octanol–water partition coefficient (Wildman–Crippen LogP) is 4.03. The first-order chi connectivity index (χ1) is 15.8. The topological polar surface area (TPSA) is 86.8 Å². The average Bonchev–Trinajstić information content (AvgIpc) is 3.06. The second-order valence-corrected chi connectivity index (χ2v) is 10.1. The highest BCUT2D eigenvalue weighted by atomic mass is 32.2. The molecule has 1 fully saturated rings. The quantitative estimate of drug-likeness (QED) is 0.625. The molecule has 7 nitrogen and oxygen atoms in total. The number of rotatable bonds is 8. The average molecular weight is 476 g/mol. The Kier molecular flexibility index (Phi) is 8.43. The van der Waals surface area contributed by atoms with Gasteiger partial charge in [0.2, 0.25) is 15.9 Å². The molecule has 9 heteroatoms. The largest absolute Gasteiger partial charge is 0.339 e. The van der Waals surface area contributed by atoms with Crippen molar-refractivity contribution in [2.45, 2.75) is 38.5 Å². The van der Waals surface area contributed by atoms with Crippen molar-refractivity contribution in [2.24, 2.45) is 0 Å². The Morgan fingerprint density at radius 3 is 2.30 bits per heavy atom. The third-order valence-electron chi connectivity index (χ3n) is 5.61. The molecule has 0 spiro atoms. The van der Waals surface area contributed by atoms with Crippen LogP contribution in [0.25, 0.3) is 0 Å². The van der Waals surface area contributed by atoms with E-state index in [0.717, 1.165) is 36.2 Å². The number of para-hydroxylation sites is 2. The van der Waals surface area contributed by atoms with Crippen molar-refractivity contribution >= 4 is 33.2 Å². The van der Waals surface area contributed by atoms with E-state index in [-0.39, 0.29) is 36.9 Å². The predicted molar refractivity (Wildman–Crippen MR) is 127 cm³/mol. The highest BCUT2D eigenvalue weighted by Gasteiger charge is 2.22. The third kappa shape index (κ3) is 6.77. The van der Waals surface area contributed by atoms with E-state index in [9.17, 15) is 22.4 Å². The van der Waals surface area contributed by atoms with Crippen LogP contribution in [0.1, 0.15) is 48.9 Å². The fourth-order valence-corrected chi connectivity index (χ4v) is 4.90. The minimum Gasteiger partial charge on any atom is -0.339 e. The summed E-state index contributed by atoms with van der Waals surface area (Å²) in [5.74, 6) is -1.09. The van der Waals surface area contributed by atoms with Gasteiger partial charge in [0.25, 0.3) is 5.91 Å². The van der Waals surface area contributed by atoms with E-state index in [1.165, 1.54) is 18.2 Å². The van der Waals surface area contributed by atoms with Crippen LogP contribution in [-0.4, -0.2) is 51.0 Å². The molecule has 2 aromatic rings. The summed E-state index contributed by atoms with van der Waals surface area (Å²) in [6, 6.07) is 12.5. The van der Waals surface area contributed by atoms with Crippen molar-refractivity contribution in [1.82, 2.24) is 4.90 Å². The van der Waals surface area contributed by atoms with Crippen LogP contribution < -0.4 is 9.62 Å². The molecule has 0 atom stereocenters. The monoisotopic (exact) mass is 475 g/mol. The standard InChI is InChI=1S/C24H30FN3O4S/c1-33(31,32)28(22-14-7-5-12-20(22)25)18-10-15-23(29)26-21-13-6-4-11-19(21)24(30)27-16-8-2-3-9-17-27/h4-7,11-14H,2-3,8-10,15-18H2,1H3,(H,26,29). The molecule has 0 saturated carbocycles. The molecule has 3 rings (SSSR count). The lowest BCUT2D eigenvalue weighted by molar-refractivity contribution is -0.116. The maximum absolute atomic E-state index is 14.1. The maximum Gasteiger partial charge on any atom is 0.255 e. The number of amides is 2. The minimum atomic E-state index is -3.72. The lowest BCUT2D eigenvalue weighted by atomic mass is 10.1. The first-order valence-corrected chi connectivity index (χ1v) is 13.0. The number of halogens is 1. The van der Waals surface area contributed by atoms with Crippen LogP contribution in [0.2, 0.25) is 0 Å². The van der Waals surface area contributed by atoms with E-state index in [0.29, 0.717) is 24.3 Å². The fourth-order valence-electron chi connectivity index (χ4n) is 3.94. The van der Waals surface area contributed by atoms with Crippen LogP contribution in [-0.2, 0) is 14.8 Å². The number of nitrogens with one attached hydrogen (secondary N) is 1. The molecule has 1 heterocycles. The summed E-state index contributed by atoms with van der Waals surface area (Å²) < 4.78 is 39.4. The molecule has 33 heavy (non-hydrogen) atoms. The maximum atomic E-state index is 14.1. The third-order valence-corrected chi connectivity index (χ3v) is 6.79. The molecule has 0 radical (unpaired) electrons. The SMILES string of the molecule is CS(=O)(=O)N(CCCC(=O)Nc1ccccc1C(=O)N1CCCCCC1)c1ccccc1F. The van der Waals surface area contributed by atoms with Gasteiger partial charge >= 0.3 is 0 Å². The summed E-state index contributed by atoms with van der Waals surface area (Å²) in [5, 5.41) is 2.78. The van der Waals surface area contributed by atoms with Crippen molar-refractivity contribution < 1.29 is 22.4 Å². The lowest BCUT2D eigenvalue weighted by Crippen LogP contribution is -2.33. The summed E-state index contributed by atoms with van der Waals surface area (Å²) in [7, 11) is -3.72. The minimum absolute atomic E-state index is 0.0205. The van der Waals surface area contributed by atoms with E-state index < -0.39 is 15.8 Å². The van der Waals surface area contributed by atoms with E-state index in [2.05, 4.69) is 5.32 Å². The molecule has 0 bridgehead atoms. The smallest absolute Gasteiger partial charge is 0.255 e. The number of carbonyl (C=O) groups is 2. The van der Waals surface area contributed by atoms with Gasteiger partial charge in [-0.25, -0.2) is 12.8 Å². The molecule has 0 unspecified atom stereocenters. The summed E-state index contributed by atoms with van der Waals surface area (Å²) in [6.45, 7) is 1.37. The van der Waals surface area contributed by atoms with Gasteiger partial charge in [0.05, 0.1) is 23.2 Å². The molecule has 1 aliphatic heterocycles. The molecule has 2 aromatic carbocycles. The number of hydrogen-bond donors (Lipinski definition) is 1. The Labute approximate surface area is 194 Å². The first kappa shape index (κ1) is 24.7. The van der Waals surface area contributed by atoms with Gasteiger partial charge in [-0.15, -0.1) is 0 Å². The molecular formula is C24H30FN3O4S. The number of nitrogens with zero attached hydrogens (tertiary/aromatic N) is 2. The van der Waals surface area contributed by atoms with E-state index in [1.54, 1.807) is 30.3 Å². The van der Waals surface area contributed by atoms with Crippen LogP contribution in [0.4, 0.5) is 15.8 Å². The Morgan fingerprint density at radius 1 is 1.00 bits per heavy atom. The van der Waals surface area contributed by atoms with Crippen molar-refractivity contribution in [3.63, 3.8) is 0 Å². The van der Waals surface area contributed by atoms with Gasteiger partial charge in [-0.1, -0.05) is 37.1 Å². The molecule has 178 valence electrons. The Balaban J connectivity index is 1.63. The van der Waals surface area contributed by atoms with E-state index >= 15 is 0 Å². The number of sulfonamides is 1. The Hall–Kier alpha value is -2.94. The molecule has 1 N–H and O–H groups in total. The Bertz CT molecular complexity index is 1080. The van der Waals surface area contributed by atoms with Gasteiger partial charge in [0, 0.05) is 26.1 Å². The molecular weight excluding hydrogens is 445 g/mol. The van der Waals surface area contributed by atoms with Gasteiger partial charge in [-0.3, -0.25) is 13.9 Å². The number of carbonyl (C=O) groups excluding carboxylic acids is 2. The molecule has 0 aliphatic carbocycles. The number of hydrogen-bond acceptors (Lipinski definition) is 4. The van der Waals surface area contributed by atoms with Crippen molar-refractivity contribution in [3.05, 3.63) is 59.9 Å². The van der Waals surface area contributed by atoms with Crippen molar-refractivity contribution in [3.8, 4) is 0 Å². The zero-order valence-electron chi connectivity index (χ0n) is 18.8. The molecule has 1 aliphatic rings. The zero-order valence-corrected chi connectivity index (χ0v) is 19.6. The van der Waals surface area contributed by atoms with Crippen molar-refractivity contribution in [2.75, 3.05) is 35.5 Å². The fraction of sp³-hybridized carbons (Fsp3) is 0.417. The number of anilines is 2. The summed E-state index contributed by atoms with van der Waals surface area (Å²) in [6.07, 6.45) is 5.38. The highest BCUT2D eigenvalue weighted by Crippen LogP contribution is 2.23. The van der Waals surface area contributed by atoms with Crippen LogP contribution >= 0.6 is 0 Å². The van der Waals surface area contributed by atoms with Crippen LogP contribution in [0.3, 0.4) is 0 Å². The Morgan fingerprint density at radius 2 is 1.64 bits per heavy atom. The molecule has 0 aromatic heterocycles. The summed E-state index contributed by atoms with van der Waals surface area (Å²) >= 11 is 0. The number of likely N-dealkylation sites (tertiary alicyclic amines) is 1. The van der Waals surface area contributed by atoms with E-state index in [4.69, 9.17) is 0 Å². The lowest BCUT2D eigenvalue weighted by Gasteiger charge is -2.23. The van der Waals surface area contributed by atoms with Crippen LogP contribution in [0, 0.1) is 5.82 Å². The number of benzene rings is 2. The normalized spacial score (nSPS) is 14.4. The van der Waals surface area contributed by atoms with Gasteiger partial charge in [0.1, 0.15) is 5.82 Å². The first-order valence-electron chi connectivity index (χ1n) is 11.2. The van der Waals surface area contributed by atoms with Gasteiger partial charge in [-0.2, -0.15) is 0 Å². The summed E-state index contributed by atoms with van der Waals surface area (Å²) in [4.78, 5) is 27.4. The second kappa shape index (κ2) is 11.3. The second-order valence-electron chi connectivity index (χ2n) is 8.19. The van der Waals surface area contributed by atoms with Crippen molar-refractivity contribution in [1.29, 1.82) is 0 Å². The van der Waals surface area contributed by atoms with Gasteiger partial charge in [0.15, 0.2) is 0 Å². The van der Waals surface area contributed by atoms with Gasteiger partial charge < -0.3 is 10.2 Å². The van der Waals surface area contributed by atoms with Crippen LogP contribution in [0.15, 0.2) is 48.5 Å². The van der Waals surface area contributed by atoms with Crippen LogP contribution in [0.5, 0.6) is 0 Å². The van der Waals surface area contributed by atoms with E-state index in [1.807, 2.05) is 4.90 Å². The summed E-state index contributed by atoms with van der Waals surface area (Å²) in [5.41, 5.74) is 0.830. The molecule has 2 amide bonds.